The molecule has 0 atom stereocenters. The summed E-state index contributed by atoms with van der Waals surface area (Å²) >= 11 is 5.97. The number of nitrogens with one attached hydrogen (secondary N) is 1. The molecule has 6 heteroatoms. The smallest absolute Gasteiger partial charge is 0.226 e. The summed E-state index contributed by atoms with van der Waals surface area (Å²) in [6.07, 6.45) is 2.61. The first kappa shape index (κ1) is 21.6. The number of likely N-dealkylation sites (tertiary alicyclic amines) is 1. The number of nitrogens with zero attached hydrogens (tertiary/aromatic N) is 2. The molecule has 162 valence electrons. The molecule has 0 saturated carbocycles. The van der Waals surface area contributed by atoms with Gasteiger partial charge in [-0.05, 0) is 69.1 Å². The minimum absolute atomic E-state index is 0.0926. The van der Waals surface area contributed by atoms with Crippen LogP contribution < -0.4 is 5.32 Å². The number of piperidine rings is 1. The van der Waals surface area contributed by atoms with Crippen LogP contribution in [0.3, 0.4) is 0 Å². The molecular formula is C25H28ClN3O2. The van der Waals surface area contributed by atoms with Crippen molar-refractivity contribution in [1.29, 1.82) is 0 Å². The zero-order chi connectivity index (χ0) is 21.6. The van der Waals surface area contributed by atoms with Gasteiger partial charge in [0.25, 0.3) is 0 Å². The predicted octanol–water partition coefficient (Wildman–Crippen LogP) is 4.87. The third kappa shape index (κ3) is 5.75. The van der Waals surface area contributed by atoms with Crippen molar-refractivity contribution >= 4 is 17.5 Å². The van der Waals surface area contributed by atoms with E-state index >= 15 is 0 Å². The summed E-state index contributed by atoms with van der Waals surface area (Å²) in [5.74, 6) is 1.73. The van der Waals surface area contributed by atoms with Gasteiger partial charge in [-0.2, -0.15) is 0 Å². The Morgan fingerprint density at radius 1 is 1.13 bits per heavy atom. The first-order valence-corrected chi connectivity index (χ1v) is 11.2. The number of rotatable bonds is 7. The fourth-order valence-electron chi connectivity index (χ4n) is 3.97. The minimum atomic E-state index is 0.0926. The Morgan fingerprint density at radius 3 is 2.55 bits per heavy atom. The summed E-state index contributed by atoms with van der Waals surface area (Å²) < 4.78 is 5.88. The lowest BCUT2D eigenvalue weighted by Crippen LogP contribution is -2.40. The second-order valence-electron chi connectivity index (χ2n) is 8.11. The van der Waals surface area contributed by atoms with E-state index in [2.05, 4.69) is 22.3 Å². The Bertz CT molecular complexity index is 993. The van der Waals surface area contributed by atoms with E-state index in [0.717, 1.165) is 55.9 Å². The van der Waals surface area contributed by atoms with E-state index in [1.807, 2.05) is 49.4 Å². The van der Waals surface area contributed by atoms with Crippen molar-refractivity contribution in [2.75, 3.05) is 19.6 Å². The maximum atomic E-state index is 12.5. The molecule has 1 aliphatic rings. The van der Waals surface area contributed by atoms with E-state index in [1.165, 1.54) is 5.56 Å². The van der Waals surface area contributed by atoms with Gasteiger partial charge in [0.05, 0.1) is 5.69 Å². The Hall–Kier alpha value is -2.63. The van der Waals surface area contributed by atoms with Crippen molar-refractivity contribution in [1.82, 2.24) is 15.2 Å². The van der Waals surface area contributed by atoms with Crippen LogP contribution in [0.2, 0.25) is 5.02 Å². The van der Waals surface area contributed by atoms with Crippen molar-refractivity contribution in [3.8, 4) is 11.5 Å². The molecule has 31 heavy (non-hydrogen) atoms. The lowest BCUT2D eigenvalue weighted by molar-refractivity contribution is -0.126. The maximum absolute atomic E-state index is 12.5. The molecule has 5 nitrogen and oxygen atoms in total. The van der Waals surface area contributed by atoms with Crippen LogP contribution in [0.4, 0.5) is 0 Å². The van der Waals surface area contributed by atoms with E-state index in [0.29, 0.717) is 17.5 Å². The van der Waals surface area contributed by atoms with E-state index in [1.54, 1.807) is 0 Å². The molecule has 1 aromatic heterocycles. The second kappa shape index (κ2) is 10.1. The molecule has 1 amide bonds. The minimum Gasteiger partial charge on any atom is -0.441 e. The SMILES string of the molecule is Cc1oc(-c2ccc(Cl)cc2)nc1CN1CCC(C(=O)NCCc2ccccc2)CC1. The van der Waals surface area contributed by atoms with Gasteiger partial charge in [0.2, 0.25) is 11.8 Å². The predicted molar refractivity (Wildman–Crippen MR) is 123 cm³/mol. The highest BCUT2D eigenvalue weighted by molar-refractivity contribution is 6.30. The van der Waals surface area contributed by atoms with Crippen LogP contribution in [0.15, 0.2) is 59.0 Å². The van der Waals surface area contributed by atoms with Crippen LogP contribution in [0.1, 0.15) is 29.9 Å². The van der Waals surface area contributed by atoms with Gasteiger partial charge in [-0.15, -0.1) is 0 Å². The molecule has 2 aromatic carbocycles. The highest BCUT2D eigenvalue weighted by Crippen LogP contribution is 2.25. The van der Waals surface area contributed by atoms with E-state index in [-0.39, 0.29) is 11.8 Å². The topological polar surface area (TPSA) is 58.4 Å². The van der Waals surface area contributed by atoms with Gasteiger partial charge < -0.3 is 9.73 Å². The largest absolute Gasteiger partial charge is 0.441 e. The molecule has 2 heterocycles. The van der Waals surface area contributed by atoms with Gasteiger partial charge in [-0.25, -0.2) is 4.98 Å². The molecule has 3 aromatic rings. The number of halogens is 1. The van der Waals surface area contributed by atoms with Gasteiger partial charge in [-0.3, -0.25) is 9.69 Å². The summed E-state index contributed by atoms with van der Waals surface area (Å²) in [5.41, 5.74) is 3.12. The molecular weight excluding hydrogens is 410 g/mol. The Balaban J connectivity index is 1.24. The number of carbonyl (C=O) groups excluding carboxylic acids is 1. The summed E-state index contributed by atoms with van der Waals surface area (Å²) in [6, 6.07) is 17.8. The average molecular weight is 438 g/mol. The molecule has 0 unspecified atom stereocenters. The molecule has 1 fully saturated rings. The highest BCUT2D eigenvalue weighted by Gasteiger charge is 2.26. The van der Waals surface area contributed by atoms with Crippen LogP contribution in [0, 0.1) is 12.8 Å². The molecule has 0 aliphatic carbocycles. The third-order valence-corrected chi connectivity index (χ3v) is 6.12. The Kier molecular flexibility index (Phi) is 7.05. The monoisotopic (exact) mass is 437 g/mol. The van der Waals surface area contributed by atoms with Crippen LogP contribution in [0.25, 0.3) is 11.5 Å². The van der Waals surface area contributed by atoms with E-state index in [9.17, 15) is 4.79 Å². The number of amides is 1. The number of hydrogen-bond acceptors (Lipinski definition) is 4. The van der Waals surface area contributed by atoms with Gasteiger partial charge in [-0.1, -0.05) is 41.9 Å². The third-order valence-electron chi connectivity index (χ3n) is 5.87. The molecule has 4 rings (SSSR count). The first-order chi connectivity index (χ1) is 15.1. The number of oxazole rings is 1. The number of aromatic nitrogens is 1. The Labute approximate surface area is 188 Å². The standard InChI is InChI=1S/C25H28ClN3O2/c1-18-23(28-25(31-18)21-7-9-22(26)10-8-21)17-29-15-12-20(13-16-29)24(30)27-14-11-19-5-3-2-4-6-19/h2-10,20H,11-17H2,1H3,(H,27,30). The van der Waals surface area contributed by atoms with Gasteiger partial charge in [0.1, 0.15) is 5.76 Å². The highest BCUT2D eigenvalue weighted by atomic mass is 35.5. The number of hydrogen-bond donors (Lipinski definition) is 1. The van der Waals surface area contributed by atoms with Crippen LogP contribution >= 0.6 is 11.6 Å². The number of carbonyl (C=O) groups is 1. The fraction of sp³-hybridized carbons (Fsp3) is 0.360. The molecule has 1 aliphatic heterocycles. The normalized spacial score (nSPS) is 15.2. The molecule has 0 radical (unpaired) electrons. The summed E-state index contributed by atoms with van der Waals surface area (Å²) in [7, 11) is 0. The summed E-state index contributed by atoms with van der Waals surface area (Å²) in [4.78, 5) is 19.6. The van der Waals surface area contributed by atoms with Crippen LogP contribution in [0.5, 0.6) is 0 Å². The van der Waals surface area contributed by atoms with Crippen molar-refractivity contribution < 1.29 is 9.21 Å². The van der Waals surface area contributed by atoms with Crippen LogP contribution in [-0.2, 0) is 17.8 Å². The maximum Gasteiger partial charge on any atom is 0.226 e. The number of aryl methyl sites for hydroxylation is 1. The second-order valence-corrected chi connectivity index (χ2v) is 8.54. The number of benzene rings is 2. The van der Waals surface area contributed by atoms with Crippen LogP contribution in [-0.4, -0.2) is 35.4 Å². The van der Waals surface area contributed by atoms with Crippen molar-refractivity contribution in [3.63, 3.8) is 0 Å². The fourth-order valence-corrected chi connectivity index (χ4v) is 4.10. The quantitative estimate of drug-likeness (QED) is 0.572. The lowest BCUT2D eigenvalue weighted by atomic mass is 9.95. The zero-order valence-corrected chi connectivity index (χ0v) is 18.6. The molecule has 1 saturated heterocycles. The van der Waals surface area contributed by atoms with Gasteiger partial charge in [0.15, 0.2) is 0 Å². The van der Waals surface area contributed by atoms with Gasteiger partial charge >= 0.3 is 0 Å². The van der Waals surface area contributed by atoms with E-state index in [4.69, 9.17) is 21.0 Å². The van der Waals surface area contributed by atoms with Crippen molar-refractivity contribution in [2.24, 2.45) is 5.92 Å². The average Bonchev–Trinajstić information content (AvgIpc) is 3.15. The molecule has 0 bridgehead atoms. The van der Waals surface area contributed by atoms with Crippen molar-refractivity contribution in [2.45, 2.75) is 32.7 Å². The molecule has 0 spiro atoms. The summed E-state index contributed by atoms with van der Waals surface area (Å²) in [6.45, 7) is 5.16. The first-order valence-electron chi connectivity index (χ1n) is 10.8. The van der Waals surface area contributed by atoms with Crippen molar-refractivity contribution in [3.05, 3.63) is 76.6 Å². The lowest BCUT2D eigenvalue weighted by Gasteiger charge is -2.30. The molecule has 1 N–H and O–H groups in total. The van der Waals surface area contributed by atoms with E-state index < -0.39 is 0 Å². The zero-order valence-electron chi connectivity index (χ0n) is 17.8. The van der Waals surface area contributed by atoms with Gasteiger partial charge in [0, 0.05) is 29.6 Å². The summed E-state index contributed by atoms with van der Waals surface area (Å²) in [5, 5.41) is 3.80. The Morgan fingerprint density at radius 2 is 1.84 bits per heavy atom.